The second-order valence-corrected chi connectivity index (χ2v) is 3.43. The third-order valence-electron chi connectivity index (χ3n) is 2.55. The summed E-state index contributed by atoms with van der Waals surface area (Å²) in [6.45, 7) is 1.01. The molecule has 0 unspecified atom stereocenters. The van der Waals surface area contributed by atoms with Crippen molar-refractivity contribution in [2.75, 3.05) is 13.6 Å². The van der Waals surface area contributed by atoms with Gasteiger partial charge in [-0.05, 0) is 19.4 Å². The summed E-state index contributed by atoms with van der Waals surface area (Å²) in [7, 11) is 1.63. The van der Waals surface area contributed by atoms with Crippen molar-refractivity contribution >= 4 is 5.91 Å². The molecule has 1 saturated heterocycles. The highest BCUT2D eigenvalue weighted by Gasteiger charge is 2.23. The van der Waals surface area contributed by atoms with Gasteiger partial charge in [0.2, 0.25) is 0 Å². The lowest BCUT2D eigenvalue weighted by Gasteiger charge is -2.09. The summed E-state index contributed by atoms with van der Waals surface area (Å²) in [6.07, 6.45) is 3.79. The molecule has 1 aromatic heterocycles. The largest absolute Gasteiger partial charge is 0.355 e. The standard InChI is InChI=1S/C9H14N4O/c1-10-9(14)6-5-12-13-8(6)7-3-2-4-11-7/h5,7,11H,2-4H2,1H3,(H,10,14)(H,12,13)/t7-/m1/s1. The van der Waals surface area contributed by atoms with Gasteiger partial charge in [-0.15, -0.1) is 0 Å². The third-order valence-corrected chi connectivity index (χ3v) is 2.55. The summed E-state index contributed by atoms with van der Waals surface area (Å²) in [6, 6.07) is 0.254. The van der Waals surface area contributed by atoms with Crippen molar-refractivity contribution in [2.24, 2.45) is 0 Å². The first-order valence-electron chi connectivity index (χ1n) is 4.81. The lowest BCUT2D eigenvalue weighted by molar-refractivity contribution is 0.0961. The topological polar surface area (TPSA) is 69.8 Å². The Bertz CT molecular complexity index is 327. The van der Waals surface area contributed by atoms with Crippen molar-refractivity contribution in [2.45, 2.75) is 18.9 Å². The SMILES string of the molecule is CNC(=O)c1cn[nH]c1[C@H]1CCCN1. The van der Waals surface area contributed by atoms with Gasteiger partial charge < -0.3 is 10.6 Å². The molecule has 0 spiro atoms. The summed E-state index contributed by atoms with van der Waals surface area (Å²) in [5, 5.41) is 12.7. The number of amides is 1. The normalized spacial score (nSPS) is 21.1. The second-order valence-electron chi connectivity index (χ2n) is 3.43. The van der Waals surface area contributed by atoms with Gasteiger partial charge in [0.1, 0.15) is 0 Å². The number of carbonyl (C=O) groups is 1. The lowest BCUT2D eigenvalue weighted by atomic mass is 10.1. The maximum atomic E-state index is 11.5. The van der Waals surface area contributed by atoms with Crippen LogP contribution in [0.4, 0.5) is 0 Å². The Kier molecular flexibility index (Phi) is 2.49. The zero-order chi connectivity index (χ0) is 9.97. The molecule has 0 aliphatic carbocycles. The molecule has 2 heterocycles. The molecule has 1 atom stereocenters. The minimum absolute atomic E-state index is 0.0811. The van der Waals surface area contributed by atoms with Crippen LogP contribution in [0.3, 0.4) is 0 Å². The highest BCUT2D eigenvalue weighted by atomic mass is 16.1. The highest BCUT2D eigenvalue weighted by Crippen LogP contribution is 2.23. The predicted octanol–water partition coefficient (Wildman–Crippen LogP) is 0.194. The predicted molar refractivity (Wildman–Crippen MR) is 52.0 cm³/mol. The number of nitrogens with one attached hydrogen (secondary N) is 3. The second kappa shape index (κ2) is 3.79. The molecule has 5 heteroatoms. The van der Waals surface area contributed by atoms with E-state index in [0.717, 1.165) is 25.1 Å². The molecule has 1 fully saturated rings. The molecule has 0 saturated carbocycles. The minimum atomic E-state index is -0.0811. The van der Waals surface area contributed by atoms with E-state index in [1.54, 1.807) is 13.2 Å². The van der Waals surface area contributed by atoms with Crippen molar-refractivity contribution in [3.8, 4) is 0 Å². The first-order valence-corrected chi connectivity index (χ1v) is 4.81. The van der Waals surface area contributed by atoms with Gasteiger partial charge in [-0.2, -0.15) is 5.10 Å². The molecule has 76 valence electrons. The number of aromatic nitrogens is 2. The Morgan fingerprint density at radius 3 is 3.21 bits per heavy atom. The van der Waals surface area contributed by atoms with E-state index in [4.69, 9.17) is 0 Å². The molecular weight excluding hydrogens is 180 g/mol. The highest BCUT2D eigenvalue weighted by molar-refractivity contribution is 5.94. The molecule has 1 aromatic rings. The van der Waals surface area contributed by atoms with Gasteiger partial charge in [0.05, 0.1) is 17.5 Å². The van der Waals surface area contributed by atoms with Gasteiger partial charge in [0, 0.05) is 13.1 Å². The van der Waals surface area contributed by atoms with Crippen LogP contribution in [0.25, 0.3) is 0 Å². The zero-order valence-corrected chi connectivity index (χ0v) is 8.13. The fraction of sp³-hybridized carbons (Fsp3) is 0.556. The molecule has 2 rings (SSSR count). The van der Waals surface area contributed by atoms with Crippen LogP contribution in [-0.2, 0) is 0 Å². The van der Waals surface area contributed by atoms with Crippen molar-refractivity contribution in [3.05, 3.63) is 17.5 Å². The Labute approximate surface area is 82.3 Å². The van der Waals surface area contributed by atoms with Crippen LogP contribution >= 0.6 is 0 Å². The van der Waals surface area contributed by atoms with Gasteiger partial charge in [-0.25, -0.2) is 0 Å². The minimum Gasteiger partial charge on any atom is -0.355 e. The molecule has 5 nitrogen and oxygen atoms in total. The van der Waals surface area contributed by atoms with E-state index in [1.807, 2.05) is 0 Å². The van der Waals surface area contributed by atoms with Gasteiger partial charge in [0.15, 0.2) is 0 Å². The van der Waals surface area contributed by atoms with E-state index < -0.39 is 0 Å². The van der Waals surface area contributed by atoms with Crippen molar-refractivity contribution in [3.63, 3.8) is 0 Å². The fourth-order valence-corrected chi connectivity index (χ4v) is 1.81. The van der Waals surface area contributed by atoms with Gasteiger partial charge in [-0.1, -0.05) is 0 Å². The van der Waals surface area contributed by atoms with Crippen LogP contribution in [0.15, 0.2) is 6.20 Å². The van der Waals surface area contributed by atoms with Gasteiger partial charge >= 0.3 is 0 Å². The van der Waals surface area contributed by atoms with Crippen LogP contribution in [0.5, 0.6) is 0 Å². The Morgan fingerprint density at radius 2 is 2.57 bits per heavy atom. The Balaban J connectivity index is 2.24. The average molecular weight is 194 g/mol. The molecule has 1 aliphatic rings. The van der Waals surface area contributed by atoms with Crippen LogP contribution in [0.2, 0.25) is 0 Å². The van der Waals surface area contributed by atoms with E-state index >= 15 is 0 Å². The maximum absolute atomic E-state index is 11.5. The molecule has 14 heavy (non-hydrogen) atoms. The van der Waals surface area contributed by atoms with E-state index in [2.05, 4.69) is 20.8 Å². The summed E-state index contributed by atoms with van der Waals surface area (Å²) in [4.78, 5) is 11.5. The fourth-order valence-electron chi connectivity index (χ4n) is 1.81. The molecule has 1 amide bonds. The smallest absolute Gasteiger partial charge is 0.254 e. The number of nitrogens with zero attached hydrogens (tertiary/aromatic N) is 1. The van der Waals surface area contributed by atoms with E-state index in [0.29, 0.717) is 5.56 Å². The monoisotopic (exact) mass is 194 g/mol. The summed E-state index contributed by atoms with van der Waals surface area (Å²) in [5.74, 6) is -0.0811. The summed E-state index contributed by atoms with van der Waals surface area (Å²) < 4.78 is 0. The van der Waals surface area contributed by atoms with Crippen molar-refractivity contribution < 1.29 is 4.79 Å². The molecule has 3 N–H and O–H groups in total. The maximum Gasteiger partial charge on any atom is 0.254 e. The zero-order valence-electron chi connectivity index (χ0n) is 8.13. The van der Waals surface area contributed by atoms with Crippen LogP contribution in [0.1, 0.15) is 34.9 Å². The lowest BCUT2D eigenvalue weighted by Crippen LogP contribution is -2.22. The summed E-state index contributed by atoms with van der Waals surface area (Å²) in [5.41, 5.74) is 1.55. The number of carbonyl (C=O) groups excluding carboxylic acids is 1. The van der Waals surface area contributed by atoms with Crippen LogP contribution < -0.4 is 10.6 Å². The quantitative estimate of drug-likeness (QED) is 0.629. The average Bonchev–Trinajstić information content (AvgIpc) is 2.85. The van der Waals surface area contributed by atoms with E-state index in [9.17, 15) is 4.79 Å². The van der Waals surface area contributed by atoms with Gasteiger partial charge in [0.25, 0.3) is 5.91 Å². The van der Waals surface area contributed by atoms with Crippen molar-refractivity contribution in [1.29, 1.82) is 0 Å². The van der Waals surface area contributed by atoms with E-state index in [-0.39, 0.29) is 11.9 Å². The number of hydrogen-bond donors (Lipinski definition) is 3. The van der Waals surface area contributed by atoms with Gasteiger partial charge in [-0.3, -0.25) is 9.89 Å². The number of H-pyrrole nitrogens is 1. The first kappa shape index (κ1) is 9.21. The Hall–Kier alpha value is -1.36. The number of rotatable bonds is 2. The molecule has 0 aromatic carbocycles. The molecular formula is C9H14N4O. The molecule has 0 radical (unpaired) electrons. The van der Waals surface area contributed by atoms with Crippen molar-refractivity contribution in [1.82, 2.24) is 20.8 Å². The number of aromatic amines is 1. The summed E-state index contributed by atoms with van der Waals surface area (Å²) >= 11 is 0. The van der Waals surface area contributed by atoms with Crippen LogP contribution in [0, 0.1) is 0 Å². The Morgan fingerprint density at radius 1 is 1.71 bits per heavy atom. The molecule has 0 bridgehead atoms. The third kappa shape index (κ3) is 1.50. The van der Waals surface area contributed by atoms with E-state index in [1.165, 1.54) is 0 Å². The number of hydrogen-bond acceptors (Lipinski definition) is 3. The van der Waals surface area contributed by atoms with Crippen LogP contribution in [-0.4, -0.2) is 29.7 Å². The molecule has 1 aliphatic heterocycles. The first-order chi connectivity index (χ1) is 6.83.